The molecule has 0 aliphatic carbocycles. The molecule has 0 N–H and O–H groups in total. The van der Waals surface area contributed by atoms with Crippen molar-refractivity contribution in [1.82, 2.24) is 9.55 Å². The second-order valence-electron chi connectivity index (χ2n) is 8.17. The lowest BCUT2D eigenvalue weighted by atomic mass is 10.0. The molecule has 7 nitrogen and oxygen atoms in total. The van der Waals surface area contributed by atoms with E-state index in [1.165, 1.54) is 27.1 Å². The van der Waals surface area contributed by atoms with Crippen molar-refractivity contribution in [3.05, 3.63) is 75.1 Å². The Morgan fingerprint density at radius 2 is 1.91 bits per heavy atom. The topological polar surface area (TPSA) is 81.5 Å². The number of anilines is 1. The monoisotopic (exact) mass is 493 g/mol. The Morgan fingerprint density at radius 1 is 1.18 bits per heavy atom. The molecule has 2 atom stereocenters. The van der Waals surface area contributed by atoms with Crippen LogP contribution >= 0.6 is 22.9 Å². The summed E-state index contributed by atoms with van der Waals surface area (Å²) in [4.78, 5) is 45.6. The van der Waals surface area contributed by atoms with Gasteiger partial charge in [-0.25, -0.2) is 4.98 Å². The number of halogens is 1. The lowest BCUT2D eigenvalue weighted by Crippen LogP contribution is -2.42. The number of thiophene rings is 1. The average Bonchev–Trinajstić information content (AvgIpc) is 3.27. The Labute approximate surface area is 204 Å². The van der Waals surface area contributed by atoms with E-state index in [-0.39, 0.29) is 17.2 Å². The highest BCUT2D eigenvalue weighted by Crippen LogP contribution is 2.35. The number of hydrogen-bond donors (Lipinski definition) is 0. The molecule has 1 aliphatic heterocycles. The van der Waals surface area contributed by atoms with Crippen molar-refractivity contribution in [2.24, 2.45) is 0 Å². The first-order valence-electron chi connectivity index (χ1n) is 10.6. The third-order valence-electron chi connectivity index (χ3n) is 6.06. The van der Waals surface area contributed by atoms with E-state index in [4.69, 9.17) is 16.3 Å². The molecule has 4 aromatic rings. The predicted molar refractivity (Wildman–Crippen MR) is 133 cm³/mol. The predicted octanol–water partition coefficient (Wildman–Crippen LogP) is 4.97. The van der Waals surface area contributed by atoms with Crippen LogP contribution in [-0.4, -0.2) is 34.4 Å². The Kier molecular flexibility index (Phi) is 5.50. The van der Waals surface area contributed by atoms with Gasteiger partial charge in [-0.2, -0.15) is 0 Å². The largest absolute Gasteiger partial charge is 0.479 e. The number of fused-ring (bicyclic) bond motifs is 2. The fourth-order valence-corrected chi connectivity index (χ4v) is 5.13. The maximum atomic E-state index is 13.5. The van der Waals surface area contributed by atoms with Gasteiger partial charge in [0.2, 0.25) is 0 Å². The van der Waals surface area contributed by atoms with E-state index in [1.807, 2.05) is 17.5 Å². The van der Waals surface area contributed by atoms with Crippen LogP contribution in [0.4, 0.5) is 5.69 Å². The second-order valence-corrected chi connectivity index (χ2v) is 9.47. The molecule has 1 amide bonds. The quantitative estimate of drug-likeness (QED) is 0.375. The van der Waals surface area contributed by atoms with Crippen LogP contribution in [0.3, 0.4) is 0 Å². The first-order valence-corrected chi connectivity index (χ1v) is 11.9. The maximum absolute atomic E-state index is 13.5. The summed E-state index contributed by atoms with van der Waals surface area (Å²) in [6.07, 6.45) is 0.823. The summed E-state index contributed by atoms with van der Waals surface area (Å²) in [5.74, 6) is 0.0712. The Bertz CT molecular complexity index is 1510. The summed E-state index contributed by atoms with van der Waals surface area (Å²) >= 11 is 7.38. The molecular weight excluding hydrogens is 474 g/mol. The van der Waals surface area contributed by atoms with Crippen LogP contribution in [0.2, 0.25) is 5.02 Å². The number of ketones is 1. The van der Waals surface area contributed by atoms with Gasteiger partial charge in [0.25, 0.3) is 11.5 Å². The van der Waals surface area contributed by atoms with E-state index in [1.54, 1.807) is 51.2 Å². The minimum Gasteiger partial charge on any atom is -0.479 e. The minimum absolute atomic E-state index is 0.191. The van der Waals surface area contributed by atoms with Crippen molar-refractivity contribution < 1.29 is 14.3 Å². The molecule has 1 aliphatic rings. The molecule has 2 unspecified atom stereocenters. The average molecular weight is 494 g/mol. The van der Waals surface area contributed by atoms with E-state index >= 15 is 0 Å². The molecule has 5 rings (SSSR count). The number of carbonyl (C=O) groups is 2. The molecular formula is C25H20ClN3O4S. The molecule has 0 radical (unpaired) electrons. The number of ether oxygens (including phenoxy) is 1. The molecule has 2 aromatic carbocycles. The third kappa shape index (κ3) is 3.59. The van der Waals surface area contributed by atoms with Gasteiger partial charge >= 0.3 is 0 Å². The number of rotatable bonds is 4. The van der Waals surface area contributed by atoms with Crippen LogP contribution in [0.25, 0.3) is 21.3 Å². The van der Waals surface area contributed by atoms with Gasteiger partial charge in [0.15, 0.2) is 11.9 Å². The lowest BCUT2D eigenvalue weighted by Gasteiger charge is -2.30. The summed E-state index contributed by atoms with van der Waals surface area (Å²) < 4.78 is 6.99. The van der Waals surface area contributed by atoms with Crippen LogP contribution in [0.15, 0.2) is 59.0 Å². The third-order valence-corrected chi connectivity index (χ3v) is 7.20. The number of Topliss-reactive ketones (excluding diaryl/α,β-unsaturated/α-hetero) is 1. The number of aromatic nitrogens is 2. The van der Waals surface area contributed by atoms with Crippen molar-refractivity contribution >= 4 is 50.5 Å². The van der Waals surface area contributed by atoms with E-state index in [0.29, 0.717) is 32.2 Å². The summed E-state index contributed by atoms with van der Waals surface area (Å²) in [5, 5.41) is 2.96. The normalized spacial score (nSPS) is 16.3. The number of nitrogens with zero attached hydrogens (tertiary/aromatic N) is 3. The summed E-state index contributed by atoms with van der Waals surface area (Å²) in [7, 11) is 1.65. The molecule has 0 bridgehead atoms. The lowest BCUT2D eigenvalue weighted by molar-refractivity contribution is -0.125. The molecule has 9 heteroatoms. The van der Waals surface area contributed by atoms with Gasteiger partial charge in [-0.1, -0.05) is 23.7 Å². The van der Waals surface area contributed by atoms with E-state index in [0.717, 1.165) is 11.1 Å². The highest BCUT2D eigenvalue weighted by molar-refractivity contribution is 7.17. The Hall–Kier alpha value is -3.49. The van der Waals surface area contributed by atoms with Gasteiger partial charge in [-0.15, -0.1) is 11.3 Å². The Balaban J connectivity index is 1.53. The van der Waals surface area contributed by atoms with Gasteiger partial charge in [0.1, 0.15) is 10.6 Å². The summed E-state index contributed by atoms with van der Waals surface area (Å²) in [6, 6.07) is 11.4. The number of amides is 1. The number of hydrogen-bond acceptors (Lipinski definition) is 6. The van der Waals surface area contributed by atoms with Gasteiger partial charge < -0.3 is 9.64 Å². The van der Waals surface area contributed by atoms with E-state index in [2.05, 4.69) is 4.98 Å². The molecule has 0 saturated heterocycles. The van der Waals surface area contributed by atoms with Crippen molar-refractivity contribution in [2.75, 3.05) is 11.9 Å². The second kappa shape index (κ2) is 8.38. The van der Waals surface area contributed by atoms with Crippen LogP contribution in [-0.2, 0) is 4.79 Å². The molecule has 3 heterocycles. The molecule has 2 aromatic heterocycles. The van der Waals surface area contributed by atoms with Crippen molar-refractivity contribution in [3.63, 3.8) is 0 Å². The smallest absolute Gasteiger partial charge is 0.267 e. The Morgan fingerprint density at radius 3 is 2.65 bits per heavy atom. The highest BCUT2D eigenvalue weighted by atomic mass is 35.5. The van der Waals surface area contributed by atoms with Gasteiger partial charge in [-0.3, -0.25) is 19.0 Å². The van der Waals surface area contributed by atoms with Crippen LogP contribution in [0, 0.1) is 0 Å². The molecule has 0 saturated carbocycles. The van der Waals surface area contributed by atoms with E-state index < -0.39 is 12.1 Å². The fourth-order valence-electron chi connectivity index (χ4n) is 4.10. The zero-order valence-electron chi connectivity index (χ0n) is 18.6. The van der Waals surface area contributed by atoms with Crippen LogP contribution in [0.1, 0.15) is 30.2 Å². The summed E-state index contributed by atoms with van der Waals surface area (Å²) in [5.41, 5.74) is 2.20. The molecule has 172 valence electrons. The van der Waals surface area contributed by atoms with Gasteiger partial charge in [0.05, 0.1) is 23.4 Å². The summed E-state index contributed by atoms with van der Waals surface area (Å²) in [6.45, 7) is 3.35. The zero-order chi connectivity index (χ0) is 24.1. The molecule has 0 spiro atoms. The first kappa shape index (κ1) is 22.3. The van der Waals surface area contributed by atoms with Gasteiger partial charge in [-0.05, 0) is 49.7 Å². The first-order chi connectivity index (χ1) is 16.3. The van der Waals surface area contributed by atoms with E-state index in [9.17, 15) is 14.4 Å². The minimum atomic E-state index is -0.801. The molecule has 34 heavy (non-hydrogen) atoms. The maximum Gasteiger partial charge on any atom is 0.267 e. The number of benzene rings is 2. The number of likely N-dealkylation sites (N-methyl/N-ethyl adjacent to an activating group) is 1. The standard InChI is InChI=1S/C25H20ClN3O4S/c1-13(22(30)16-6-9-20-19(10-16)28(3)24(31)14(2)33-20)29-12-27-23-21(25(29)32)18(11-34-23)15-4-7-17(26)8-5-15/h4-14H,1-3H3. The number of carbonyl (C=O) groups excluding carboxylic acids is 2. The SMILES string of the molecule is CC1Oc2ccc(C(=O)C(C)n3cnc4scc(-c5ccc(Cl)cc5)c4c3=O)cc2N(C)C1=O. The fraction of sp³-hybridized carbons (Fsp3) is 0.200. The molecule has 0 fully saturated rings. The van der Waals surface area contributed by atoms with Gasteiger partial charge in [0, 0.05) is 28.6 Å². The van der Waals surface area contributed by atoms with Crippen molar-refractivity contribution in [1.29, 1.82) is 0 Å². The highest BCUT2D eigenvalue weighted by Gasteiger charge is 2.30. The van der Waals surface area contributed by atoms with Crippen molar-refractivity contribution in [2.45, 2.75) is 26.0 Å². The van der Waals surface area contributed by atoms with Crippen LogP contribution < -0.4 is 15.2 Å². The van der Waals surface area contributed by atoms with Crippen LogP contribution in [0.5, 0.6) is 5.75 Å². The van der Waals surface area contributed by atoms with Crippen molar-refractivity contribution in [3.8, 4) is 16.9 Å². The zero-order valence-corrected chi connectivity index (χ0v) is 20.2.